The van der Waals surface area contributed by atoms with Crippen LogP contribution in [0.25, 0.3) is 10.6 Å². The topological polar surface area (TPSA) is 69.5 Å². The van der Waals surface area contributed by atoms with Crippen LogP contribution >= 0.6 is 22.7 Å². The van der Waals surface area contributed by atoms with Gasteiger partial charge in [0.25, 0.3) is 0 Å². The summed E-state index contributed by atoms with van der Waals surface area (Å²) in [5, 5.41) is 24.3. The number of benzene rings is 1. The molecule has 0 radical (unpaired) electrons. The fourth-order valence-electron chi connectivity index (χ4n) is 2.68. The second-order valence-corrected chi connectivity index (χ2v) is 8.31. The van der Waals surface area contributed by atoms with Crippen LogP contribution in [0.4, 0.5) is 0 Å². The van der Waals surface area contributed by atoms with Crippen LogP contribution in [0.3, 0.4) is 0 Å². The number of thiazole rings is 1. The summed E-state index contributed by atoms with van der Waals surface area (Å²) >= 11 is 3.24. The van der Waals surface area contributed by atoms with Crippen molar-refractivity contribution in [3.63, 3.8) is 0 Å². The molecule has 0 aliphatic rings. The molecule has 0 saturated carbocycles. The third kappa shape index (κ3) is 5.64. The molecule has 3 aromatic rings. The van der Waals surface area contributed by atoms with Crippen LogP contribution in [-0.4, -0.2) is 35.7 Å². The summed E-state index contributed by atoms with van der Waals surface area (Å²) in [6.45, 7) is 5.61. The summed E-state index contributed by atoms with van der Waals surface area (Å²) in [6, 6.07) is 12.2. The maximum absolute atomic E-state index is 10.6. The Morgan fingerprint density at radius 3 is 2.71 bits per heavy atom. The Kier molecular flexibility index (Phi) is 7.19. The molecule has 7 heteroatoms. The van der Waals surface area contributed by atoms with Gasteiger partial charge in [0.2, 0.25) is 0 Å². The molecule has 1 aromatic carbocycles. The SMILES string of the molecule is CCNC(=NCC(C)(O)c1ccsc1)NCCc1csc(-c2ccccc2)n1. The highest BCUT2D eigenvalue weighted by Crippen LogP contribution is 2.24. The first-order valence-electron chi connectivity index (χ1n) is 9.35. The van der Waals surface area contributed by atoms with Gasteiger partial charge in [-0.3, -0.25) is 0 Å². The van der Waals surface area contributed by atoms with Crippen molar-refractivity contribution in [2.75, 3.05) is 19.6 Å². The fraction of sp³-hybridized carbons (Fsp3) is 0.333. The molecule has 0 saturated heterocycles. The first-order valence-corrected chi connectivity index (χ1v) is 11.2. The normalized spacial score (nSPS) is 13.9. The van der Waals surface area contributed by atoms with Crippen molar-refractivity contribution in [2.24, 2.45) is 4.99 Å². The van der Waals surface area contributed by atoms with E-state index in [-0.39, 0.29) is 0 Å². The average molecular weight is 415 g/mol. The molecule has 0 amide bonds. The standard InChI is InChI=1S/C21H26N4OS2/c1-3-22-20(24-15-21(2,26)17-10-12-27-13-17)23-11-9-18-14-28-19(25-18)16-7-5-4-6-8-16/h4-8,10,12-14,26H,3,9,11,15H2,1-2H3,(H2,22,23,24). The molecule has 0 aliphatic carbocycles. The molecular weight excluding hydrogens is 388 g/mol. The Labute approximate surface area is 174 Å². The van der Waals surface area contributed by atoms with Crippen LogP contribution in [0.5, 0.6) is 0 Å². The number of aliphatic imine (C=N–C) groups is 1. The molecule has 0 fully saturated rings. The predicted octanol–water partition coefficient (Wildman–Crippen LogP) is 3.88. The molecule has 3 rings (SSSR count). The van der Waals surface area contributed by atoms with E-state index in [4.69, 9.17) is 4.98 Å². The third-order valence-corrected chi connectivity index (χ3v) is 5.90. The average Bonchev–Trinajstić information content (AvgIpc) is 3.39. The van der Waals surface area contributed by atoms with Gasteiger partial charge in [0.1, 0.15) is 10.6 Å². The van der Waals surface area contributed by atoms with E-state index in [1.165, 1.54) is 0 Å². The molecule has 0 spiro atoms. The van der Waals surface area contributed by atoms with Crippen molar-refractivity contribution in [1.82, 2.24) is 15.6 Å². The Balaban J connectivity index is 1.54. The van der Waals surface area contributed by atoms with Crippen LogP contribution in [0, 0.1) is 0 Å². The maximum atomic E-state index is 10.6. The van der Waals surface area contributed by atoms with Crippen molar-refractivity contribution in [3.05, 3.63) is 63.8 Å². The molecule has 148 valence electrons. The number of hydrogen-bond acceptors (Lipinski definition) is 5. The van der Waals surface area contributed by atoms with Crippen molar-refractivity contribution < 1.29 is 5.11 Å². The van der Waals surface area contributed by atoms with Crippen molar-refractivity contribution in [3.8, 4) is 10.6 Å². The van der Waals surface area contributed by atoms with E-state index in [1.54, 1.807) is 29.6 Å². The molecule has 3 N–H and O–H groups in total. The van der Waals surface area contributed by atoms with Crippen LogP contribution in [0.15, 0.2) is 57.5 Å². The summed E-state index contributed by atoms with van der Waals surface area (Å²) in [7, 11) is 0. The highest BCUT2D eigenvalue weighted by atomic mass is 32.1. The monoisotopic (exact) mass is 414 g/mol. The van der Waals surface area contributed by atoms with Gasteiger partial charge < -0.3 is 15.7 Å². The van der Waals surface area contributed by atoms with E-state index in [2.05, 4.69) is 33.1 Å². The van der Waals surface area contributed by atoms with Gasteiger partial charge >= 0.3 is 0 Å². The second kappa shape index (κ2) is 9.82. The number of nitrogens with one attached hydrogen (secondary N) is 2. The number of rotatable bonds is 8. The zero-order valence-electron chi connectivity index (χ0n) is 16.2. The summed E-state index contributed by atoms with van der Waals surface area (Å²) in [5.41, 5.74) is 2.14. The number of aromatic nitrogens is 1. The Hall–Kier alpha value is -2.22. The number of hydrogen-bond donors (Lipinski definition) is 3. The van der Waals surface area contributed by atoms with Crippen molar-refractivity contribution >= 4 is 28.6 Å². The first-order chi connectivity index (χ1) is 13.6. The van der Waals surface area contributed by atoms with E-state index < -0.39 is 5.60 Å². The third-order valence-electron chi connectivity index (χ3n) is 4.28. The summed E-state index contributed by atoms with van der Waals surface area (Å²) < 4.78 is 0. The van der Waals surface area contributed by atoms with Crippen LogP contribution in [0.1, 0.15) is 25.1 Å². The highest BCUT2D eigenvalue weighted by Gasteiger charge is 2.23. The van der Waals surface area contributed by atoms with E-state index in [0.29, 0.717) is 12.5 Å². The van der Waals surface area contributed by atoms with Crippen LogP contribution < -0.4 is 10.6 Å². The molecule has 0 bridgehead atoms. The first kappa shape index (κ1) is 20.5. The molecule has 2 heterocycles. The van der Waals surface area contributed by atoms with Gasteiger partial charge in [0.05, 0.1) is 12.2 Å². The molecule has 0 aliphatic heterocycles. The largest absolute Gasteiger partial charge is 0.383 e. The fourth-order valence-corrected chi connectivity index (χ4v) is 4.32. The molecule has 5 nitrogen and oxygen atoms in total. The minimum absolute atomic E-state index is 0.300. The van der Waals surface area contributed by atoms with Gasteiger partial charge in [-0.05, 0) is 36.2 Å². The number of aliphatic hydroxyl groups is 1. The quantitative estimate of drug-likeness (QED) is 0.386. The van der Waals surface area contributed by atoms with Crippen LogP contribution in [-0.2, 0) is 12.0 Å². The smallest absolute Gasteiger partial charge is 0.191 e. The van der Waals surface area contributed by atoms with Gasteiger partial charge in [-0.25, -0.2) is 9.98 Å². The lowest BCUT2D eigenvalue weighted by molar-refractivity contribution is 0.0677. The second-order valence-electron chi connectivity index (χ2n) is 6.67. The summed E-state index contributed by atoms with van der Waals surface area (Å²) in [5.74, 6) is 0.705. The van der Waals surface area contributed by atoms with Gasteiger partial charge in [0, 0.05) is 30.5 Å². The number of guanidine groups is 1. The zero-order valence-corrected chi connectivity index (χ0v) is 17.8. The zero-order chi connectivity index (χ0) is 19.8. The van der Waals surface area contributed by atoms with Crippen molar-refractivity contribution in [1.29, 1.82) is 0 Å². The van der Waals surface area contributed by atoms with Gasteiger partial charge in [-0.15, -0.1) is 11.3 Å². The predicted molar refractivity (Wildman–Crippen MR) is 119 cm³/mol. The lowest BCUT2D eigenvalue weighted by Crippen LogP contribution is -2.39. The number of nitrogens with zero attached hydrogens (tertiary/aromatic N) is 2. The molecule has 2 aromatic heterocycles. The molecule has 1 unspecified atom stereocenters. The van der Waals surface area contributed by atoms with E-state index in [9.17, 15) is 5.11 Å². The van der Waals surface area contributed by atoms with Crippen LogP contribution in [0.2, 0.25) is 0 Å². The summed E-state index contributed by atoms with van der Waals surface area (Å²) in [6.07, 6.45) is 0.814. The lowest BCUT2D eigenvalue weighted by atomic mass is 10.00. The minimum atomic E-state index is -0.970. The highest BCUT2D eigenvalue weighted by molar-refractivity contribution is 7.13. The maximum Gasteiger partial charge on any atom is 0.191 e. The molecule has 28 heavy (non-hydrogen) atoms. The summed E-state index contributed by atoms with van der Waals surface area (Å²) in [4.78, 5) is 9.28. The van der Waals surface area contributed by atoms with Gasteiger partial charge in [-0.1, -0.05) is 30.3 Å². The van der Waals surface area contributed by atoms with E-state index in [0.717, 1.165) is 41.3 Å². The Morgan fingerprint density at radius 1 is 1.18 bits per heavy atom. The van der Waals surface area contributed by atoms with Gasteiger partial charge in [-0.2, -0.15) is 11.3 Å². The van der Waals surface area contributed by atoms with Gasteiger partial charge in [0.15, 0.2) is 5.96 Å². The number of thiophene rings is 1. The minimum Gasteiger partial charge on any atom is -0.383 e. The molecule has 1 atom stereocenters. The van der Waals surface area contributed by atoms with E-state index in [1.807, 2.05) is 41.9 Å². The van der Waals surface area contributed by atoms with Crippen molar-refractivity contribution in [2.45, 2.75) is 25.9 Å². The lowest BCUT2D eigenvalue weighted by Gasteiger charge is -2.21. The molecular formula is C21H26N4OS2. The Morgan fingerprint density at radius 2 is 2.00 bits per heavy atom. The Bertz CT molecular complexity index is 873. The van der Waals surface area contributed by atoms with E-state index >= 15 is 0 Å².